The molecule has 0 spiro atoms. The highest BCUT2D eigenvalue weighted by Crippen LogP contribution is 2.31. The summed E-state index contributed by atoms with van der Waals surface area (Å²) in [6.45, 7) is 1.09. The van der Waals surface area contributed by atoms with Gasteiger partial charge in [0.25, 0.3) is 5.91 Å². The molecule has 1 amide bonds. The summed E-state index contributed by atoms with van der Waals surface area (Å²) in [6.07, 6.45) is -1.45. The van der Waals surface area contributed by atoms with Crippen LogP contribution in [0.5, 0.6) is 0 Å². The zero-order valence-electron chi connectivity index (χ0n) is 17.1. The van der Waals surface area contributed by atoms with Crippen LogP contribution in [0.25, 0.3) is 0 Å². The molecule has 12 heteroatoms. The van der Waals surface area contributed by atoms with E-state index in [-0.39, 0.29) is 38.6 Å². The first-order valence-electron chi connectivity index (χ1n) is 9.78. The highest BCUT2D eigenvalue weighted by Gasteiger charge is 2.38. The Morgan fingerprint density at radius 2 is 1.71 bits per heavy atom. The molecule has 0 saturated heterocycles. The van der Waals surface area contributed by atoms with E-state index in [1.807, 2.05) is 18.2 Å². The second-order valence-electron chi connectivity index (χ2n) is 7.32. The first kappa shape index (κ1) is 23.2. The smallest absolute Gasteiger partial charge is 0.475 e. The summed E-state index contributed by atoms with van der Waals surface area (Å²) in [4.78, 5) is 57.3. The molecule has 1 N–H and O–H groups in total. The van der Waals surface area contributed by atoms with Crippen molar-refractivity contribution in [1.82, 2.24) is 14.9 Å². The zero-order chi connectivity index (χ0) is 24.6. The molecule has 0 atom stereocenters. The van der Waals surface area contributed by atoms with Crippen molar-refractivity contribution in [3.8, 4) is 0 Å². The minimum absolute atomic E-state index is 0.0614. The van der Waals surface area contributed by atoms with Gasteiger partial charge in [-0.25, -0.2) is 9.78 Å². The molecule has 0 unspecified atom stereocenters. The number of carbonyl (C=O) groups is 4. The summed E-state index contributed by atoms with van der Waals surface area (Å²) in [5.74, 6) is -3.63. The summed E-state index contributed by atoms with van der Waals surface area (Å²) in [5.41, 5.74) is 2.98. The van der Waals surface area contributed by atoms with Gasteiger partial charge in [0.1, 0.15) is 10.6 Å². The third kappa shape index (κ3) is 4.31. The number of carboxylic acids is 1. The number of aromatic nitrogens is 2. The van der Waals surface area contributed by atoms with E-state index in [2.05, 4.69) is 16.0 Å². The fourth-order valence-corrected chi connectivity index (χ4v) is 4.53. The molecule has 0 saturated carbocycles. The van der Waals surface area contributed by atoms with Crippen LogP contribution in [-0.4, -0.2) is 56.1 Å². The Labute approximate surface area is 193 Å². The molecule has 2 aromatic heterocycles. The molecular formula is C22H14F3N3O5S. The Morgan fingerprint density at radius 3 is 2.38 bits per heavy atom. The molecule has 3 aromatic rings. The number of benzene rings is 1. The molecule has 8 nitrogen and oxygen atoms in total. The lowest BCUT2D eigenvalue weighted by Gasteiger charge is -2.28. The molecule has 174 valence electrons. The summed E-state index contributed by atoms with van der Waals surface area (Å²) in [7, 11) is 0. The molecule has 0 radical (unpaired) electrons. The van der Waals surface area contributed by atoms with Gasteiger partial charge in [-0.05, 0) is 23.6 Å². The number of carbonyl (C=O) groups excluding carboxylic acids is 3. The predicted molar refractivity (Wildman–Crippen MR) is 112 cm³/mol. The van der Waals surface area contributed by atoms with Crippen molar-refractivity contribution in [2.75, 3.05) is 6.54 Å². The van der Waals surface area contributed by atoms with Gasteiger partial charge < -0.3 is 10.0 Å². The van der Waals surface area contributed by atoms with E-state index < -0.39 is 12.1 Å². The quantitative estimate of drug-likeness (QED) is 0.437. The SMILES string of the molecule is O=C(O)C(F)(F)F.O=C1c2cnccc2C(=O)c2sc(C(=O)N3CCc4ccccc4C3)nc21. The topological polar surface area (TPSA) is 118 Å². The van der Waals surface area contributed by atoms with E-state index in [0.29, 0.717) is 18.7 Å². The molecule has 5 rings (SSSR count). The maximum atomic E-state index is 13.0. The summed E-state index contributed by atoms with van der Waals surface area (Å²) in [5, 5.41) is 7.31. The van der Waals surface area contributed by atoms with Gasteiger partial charge in [-0.15, -0.1) is 11.3 Å². The van der Waals surface area contributed by atoms with Crippen molar-refractivity contribution < 1.29 is 37.5 Å². The van der Waals surface area contributed by atoms with Gasteiger partial charge in [-0.2, -0.15) is 13.2 Å². The number of pyridine rings is 1. The maximum Gasteiger partial charge on any atom is 0.490 e. The van der Waals surface area contributed by atoms with Crippen LogP contribution >= 0.6 is 11.3 Å². The van der Waals surface area contributed by atoms with Crippen molar-refractivity contribution in [3.63, 3.8) is 0 Å². The Hall–Kier alpha value is -3.93. The molecule has 1 aromatic carbocycles. The molecular weight excluding hydrogens is 475 g/mol. The summed E-state index contributed by atoms with van der Waals surface area (Å²) >= 11 is 1.00. The molecule has 3 heterocycles. The molecule has 34 heavy (non-hydrogen) atoms. The second-order valence-corrected chi connectivity index (χ2v) is 8.32. The average molecular weight is 489 g/mol. The summed E-state index contributed by atoms with van der Waals surface area (Å²) < 4.78 is 31.7. The number of halogens is 3. The van der Waals surface area contributed by atoms with Crippen LogP contribution in [0.15, 0.2) is 42.7 Å². The third-order valence-corrected chi connectivity index (χ3v) is 6.24. The number of alkyl halides is 3. The highest BCUT2D eigenvalue weighted by molar-refractivity contribution is 7.16. The second kappa shape index (κ2) is 8.78. The number of fused-ring (bicyclic) bond motifs is 3. The third-order valence-electron chi connectivity index (χ3n) is 5.20. The minimum Gasteiger partial charge on any atom is -0.475 e. The van der Waals surface area contributed by atoms with Gasteiger partial charge in [0.05, 0.1) is 5.56 Å². The van der Waals surface area contributed by atoms with Crippen molar-refractivity contribution in [2.24, 2.45) is 0 Å². The molecule has 2 aliphatic rings. The van der Waals surface area contributed by atoms with Gasteiger partial charge in [-0.1, -0.05) is 24.3 Å². The van der Waals surface area contributed by atoms with Crippen molar-refractivity contribution in [1.29, 1.82) is 0 Å². The minimum atomic E-state index is -5.08. The monoisotopic (exact) mass is 489 g/mol. The lowest BCUT2D eigenvalue weighted by Crippen LogP contribution is -2.35. The van der Waals surface area contributed by atoms with E-state index in [1.54, 1.807) is 4.90 Å². The standard InChI is InChI=1S/C20H13N3O3S.C2HF3O2/c24-16-14-9-21-7-5-13(14)17(25)18-15(16)22-19(27-18)20(26)23-8-6-11-3-1-2-4-12(11)10-23;3-2(4,5)1(6)7/h1-5,7,9H,6,8,10H2;(H,6,7). The Balaban J connectivity index is 0.000000344. The number of amides is 1. The van der Waals surface area contributed by atoms with Crippen LogP contribution in [0, 0.1) is 0 Å². The van der Waals surface area contributed by atoms with Gasteiger partial charge in [0.15, 0.2) is 5.01 Å². The normalized spacial score (nSPS) is 14.4. The van der Waals surface area contributed by atoms with Crippen LogP contribution in [0.1, 0.15) is 52.2 Å². The highest BCUT2D eigenvalue weighted by atomic mass is 32.1. The lowest BCUT2D eigenvalue weighted by molar-refractivity contribution is -0.192. The predicted octanol–water partition coefficient (Wildman–Crippen LogP) is 3.15. The Kier molecular flexibility index (Phi) is 6.00. The van der Waals surface area contributed by atoms with Gasteiger partial charge in [-0.3, -0.25) is 19.4 Å². The fraction of sp³-hybridized carbons (Fsp3) is 0.182. The fourth-order valence-electron chi connectivity index (χ4n) is 3.55. The van der Waals surface area contributed by atoms with E-state index in [1.165, 1.54) is 24.0 Å². The maximum absolute atomic E-state index is 13.0. The number of nitrogens with zero attached hydrogens (tertiary/aromatic N) is 3. The van der Waals surface area contributed by atoms with Crippen molar-refractivity contribution >= 4 is 34.8 Å². The average Bonchev–Trinajstić information content (AvgIpc) is 3.28. The molecule has 0 bridgehead atoms. The van der Waals surface area contributed by atoms with Crippen LogP contribution in [-0.2, 0) is 17.8 Å². The van der Waals surface area contributed by atoms with Crippen LogP contribution in [0.2, 0.25) is 0 Å². The Morgan fingerprint density at radius 1 is 1.03 bits per heavy atom. The van der Waals surface area contributed by atoms with Gasteiger partial charge in [0, 0.05) is 31.0 Å². The molecule has 1 aliphatic carbocycles. The van der Waals surface area contributed by atoms with E-state index in [0.717, 1.165) is 23.3 Å². The largest absolute Gasteiger partial charge is 0.490 e. The van der Waals surface area contributed by atoms with Crippen LogP contribution in [0.4, 0.5) is 13.2 Å². The van der Waals surface area contributed by atoms with E-state index in [9.17, 15) is 27.6 Å². The van der Waals surface area contributed by atoms with E-state index in [4.69, 9.17) is 9.90 Å². The first-order valence-corrected chi connectivity index (χ1v) is 10.6. The van der Waals surface area contributed by atoms with Gasteiger partial charge >= 0.3 is 12.1 Å². The zero-order valence-corrected chi connectivity index (χ0v) is 17.9. The number of carboxylic acid groups (broad SMARTS) is 1. The number of ketones is 2. The molecule has 0 fully saturated rings. The number of hydrogen-bond acceptors (Lipinski definition) is 7. The first-order chi connectivity index (χ1) is 16.1. The van der Waals surface area contributed by atoms with Crippen molar-refractivity contribution in [2.45, 2.75) is 19.1 Å². The Bertz CT molecular complexity index is 1280. The van der Waals surface area contributed by atoms with Crippen molar-refractivity contribution in [3.05, 3.63) is 80.6 Å². The number of thiazole rings is 1. The van der Waals surface area contributed by atoms with Gasteiger partial charge in [0.2, 0.25) is 11.6 Å². The van der Waals surface area contributed by atoms with Crippen LogP contribution in [0.3, 0.4) is 0 Å². The molecule has 1 aliphatic heterocycles. The number of aliphatic carboxylic acids is 1. The summed E-state index contributed by atoms with van der Waals surface area (Å²) in [6, 6.07) is 9.56. The lowest BCUT2D eigenvalue weighted by atomic mass is 9.93. The number of hydrogen-bond donors (Lipinski definition) is 1. The van der Waals surface area contributed by atoms with Crippen LogP contribution < -0.4 is 0 Å². The van der Waals surface area contributed by atoms with E-state index >= 15 is 0 Å². The number of rotatable bonds is 1.